The lowest BCUT2D eigenvalue weighted by atomic mass is 9.86. The molecule has 0 bridgehead atoms. The van der Waals surface area contributed by atoms with E-state index in [2.05, 4.69) is 48.5 Å². The van der Waals surface area contributed by atoms with E-state index in [1.807, 2.05) is 30.1 Å². The number of hydrogen-bond donors (Lipinski definition) is 1. The van der Waals surface area contributed by atoms with Gasteiger partial charge in [-0.1, -0.05) is 44.2 Å². The van der Waals surface area contributed by atoms with Gasteiger partial charge in [-0.3, -0.25) is 0 Å². The van der Waals surface area contributed by atoms with E-state index in [1.54, 1.807) is 0 Å². The normalized spacial score (nSPS) is 11.6. The van der Waals surface area contributed by atoms with Gasteiger partial charge in [0.1, 0.15) is 12.4 Å². The summed E-state index contributed by atoms with van der Waals surface area (Å²) in [6.45, 7) is 8.57. The van der Waals surface area contributed by atoms with E-state index >= 15 is 0 Å². The maximum absolute atomic E-state index is 5.93. The number of aromatic nitrogens is 3. The second-order valence-corrected chi connectivity index (χ2v) is 6.10. The van der Waals surface area contributed by atoms with Crippen LogP contribution in [0.5, 0.6) is 5.75 Å². The third-order valence-electron chi connectivity index (χ3n) is 3.22. The number of nitrogens with zero attached hydrogens (tertiary/aromatic N) is 3. The van der Waals surface area contributed by atoms with E-state index in [9.17, 15) is 0 Å². The van der Waals surface area contributed by atoms with E-state index in [0.717, 1.165) is 18.0 Å². The van der Waals surface area contributed by atoms with E-state index in [-0.39, 0.29) is 5.41 Å². The second-order valence-electron chi connectivity index (χ2n) is 6.10. The van der Waals surface area contributed by atoms with Gasteiger partial charge in [-0.15, -0.1) is 5.10 Å². The fraction of sp³-hybridized carbons (Fsp3) is 0.500. The van der Waals surface area contributed by atoms with Crippen molar-refractivity contribution in [1.82, 2.24) is 20.3 Å². The van der Waals surface area contributed by atoms with Crippen molar-refractivity contribution < 1.29 is 4.74 Å². The van der Waals surface area contributed by atoms with Crippen molar-refractivity contribution in [3.8, 4) is 5.75 Å². The first-order valence-electron chi connectivity index (χ1n) is 7.26. The Bertz CT molecular complexity index is 572. The Morgan fingerprint density at radius 1 is 1.24 bits per heavy atom. The number of benzene rings is 1. The van der Waals surface area contributed by atoms with Crippen molar-refractivity contribution in [3.05, 3.63) is 41.7 Å². The third-order valence-corrected chi connectivity index (χ3v) is 3.22. The molecule has 0 saturated heterocycles. The maximum atomic E-state index is 5.93. The van der Waals surface area contributed by atoms with Crippen LogP contribution in [0.4, 0.5) is 0 Å². The average molecular weight is 288 g/mol. The molecule has 0 aliphatic heterocycles. The van der Waals surface area contributed by atoms with Gasteiger partial charge in [0, 0.05) is 12.7 Å². The van der Waals surface area contributed by atoms with Gasteiger partial charge >= 0.3 is 0 Å². The first-order chi connectivity index (χ1) is 10.0. The van der Waals surface area contributed by atoms with Crippen molar-refractivity contribution in [2.75, 3.05) is 13.7 Å². The van der Waals surface area contributed by atoms with Crippen molar-refractivity contribution in [2.24, 2.45) is 0 Å². The number of nitrogens with one attached hydrogen (secondary N) is 1. The second kappa shape index (κ2) is 6.72. The van der Waals surface area contributed by atoms with Gasteiger partial charge in [-0.2, -0.15) is 0 Å². The van der Waals surface area contributed by atoms with Gasteiger partial charge in [-0.05, 0) is 24.1 Å². The number of ether oxygens (including phenoxy) is 1. The number of rotatable bonds is 6. The maximum Gasteiger partial charge on any atom is 0.123 e. The molecule has 2 aromatic rings. The average Bonchev–Trinajstić information content (AvgIpc) is 2.86. The molecular weight excluding hydrogens is 264 g/mol. The van der Waals surface area contributed by atoms with Gasteiger partial charge < -0.3 is 10.1 Å². The fourth-order valence-corrected chi connectivity index (χ4v) is 2.17. The zero-order valence-corrected chi connectivity index (χ0v) is 13.3. The van der Waals surface area contributed by atoms with E-state index in [0.29, 0.717) is 13.2 Å². The van der Waals surface area contributed by atoms with Crippen LogP contribution < -0.4 is 10.1 Å². The summed E-state index contributed by atoms with van der Waals surface area (Å²) in [5, 5.41) is 11.2. The highest BCUT2D eigenvalue weighted by Gasteiger charge is 2.18. The summed E-state index contributed by atoms with van der Waals surface area (Å²) in [7, 11) is 1.89. The van der Waals surface area contributed by atoms with Crippen molar-refractivity contribution in [3.63, 3.8) is 0 Å². The van der Waals surface area contributed by atoms with Crippen LogP contribution in [0.25, 0.3) is 0 Å². The molecule has 1 heterocycles. The highest BCUT2D eigenvalue weighted by atomic mass is 16.5. The molecule has 5 heteroatoms. The zero-order valence-electron chi connectivity index (χ0n) is 13.3. The minimum Gasteiger partial charge on any atom is -0.491 e. The minimum absolute atomic E-state index is 0.0732. The van der Waals surface area contributed by atoms with Gasteiger partial charge in [0.05, 0.1) is 12.2 Å². The van der Waals surface area contributed by atoms with Crippen LogP contribution in [0.15, 0.2) is 30.5 Å². The van der Waals surface area contributed by atoms with Crippen LogP contribution in [0.3, 0.4) is 0 Å². The van der Waals surface area contributed by atoms with Crippen LogP contribution in [0, 0.1) is 0 Å². The van der Waals surface area contributed by atoms with Crippen LogP contribution in [-0.2, 0) is 18.5 Å². The highest BCUT2D eigenvalue weighted by molar-refractivity contribution is 5.38. The molecule has 5 nitrogen and oxygen atoms in total. The predicted octanol–water partition coefficient (Wildman–Crippen LogP) is 2.37. The number of para-hydroxylation sites is 1. The van der Waals surface area contributed by atoms with Gasteiger partial charge in [0.15, 0.2) is 0 Å². The summed E-state index contributed by atoms with van der Waals surface area (Å²) < 4.78 is 7.74. The molecule has 0 radical (unpaired) electrons. The molecule has 114 valence electrons. The van der Waals surface area contributed by atoms with Crippen LogP contribution in [0.2, 0.25) is 0 Å². The molecule has 1 aromatic heterocycles. The lowest BCUT2D eigenvalue weighted by Crippen LogP contribution is -2.15. The smallest absolute Gasteiger partial charge is 0.123 e. The van der Waals surface area contributed by atoms with E-state index in [1.165, 1.54) is 5.56 Å². The molecule has 0 unspecified atom stereocenters. The summed E-state index contributed by atoms with van der Waals surface area (Å²) in [6.07, 6.45) is 1.94. The molecule has 0 spiro atoms. The molecule has 0 saturated carbocycles. The van der Waals surface area contributed by atoms with Crippen molar-refractivity contribution in [2.45, 2.75) is 39.3 Å². The van der Waals surface area contributed by atoms with Crippen LogP contribution >= 0.6 is 0 Å². The zero-order chi connectivity index (χ0) is 15.3. The Balaban J connectivity index is 1.94. The lowest BCUT2D eigenvalue weighted by molar-refractivity contribution is 0.283. The Hall–Kier alpha value is -1.88. The first kappa shape index (κ1) is 15.5. The standard InChI is InChI=1S/C16H24N4O/c1-16(2,3)14-7-5-6-8-15(14)21-10-9-20-12-13(11-17-4)18-19-20/h5-8,12,17H,9-11H2,1-4H3. The molecule has 0 aliphatic rings. The quantitative estimate of drug-likeness (QED) is 0.886. The molecule has 21 heavy (non-hydrogen) atoms. The molecule has 1 aromatic carbocycles. The molecule has 1 N–H and O–H groups in total. The van der Waals surface area contributed by atoms with Crippen LogP contribution in [-0.4, -0.2) is 28.6 Å². The monoisotopic (exact) mass is 288 g/mol. The Morgan fingerprint density at radius 2 is 2.00 bits per heavy atom. The molecule has 0 aliphatic carbocycles. The van der Waals surface area contributed by atoms with Crippen molar-refractivity contribution >= 4 is 0 Å². The SMILES string of the molecule is CNCc1cn(CCOc2ccccc2C(C)(C)C)nn1. The van der Waals surface area contributed by atoms with Crippen molar-refractivity contribution in [1.29, 1.82) is 0 Å². The fourth-order valence-electron chi connectivity index (χ4n) is 2.17. The first-order valence-corrected chi connectivity index (χ1v) is 7.26. The van der Waals surface area contributed by atoms with Gasteiger partial charge in [0.2, 0.25) is 0 Å². The lowest BCUT2D eigenvalue weighted by Gasteiger charge is -2.22. The summed E-state index contributed by atoms with van der Waals surface area (Å²) in [4.78, 5) is 0. The minimum atomic E-state index is 0.0732. The van der Waals surface area contributed by atoms with Gasteiger partial charge in [0.25, 0.3) is 0 Å². The van der Waals surface area contributed by atoms with E-state index in [4.69, 9.17) is 4.74 Å². The van der Waals surface area contributed by atoms with Gasteiger partial charge in [-0.25, -0.2) is 4.68 Å². The summed E-state index contributed by atoms with van der Waals surface area (Å²) in [5.41, 5.74) is 2.23. The Morgan fingerprint density at radius 3 is 2.71 bits per heavy atom. The molecule has 0 amide bonds. The largest absolute Gasteiger partial charge is 0.491 e. The topological polar surface area (TPSA) is 52.0 Å². The van der Waals surface area contributed by atoms with E-state index < -0.39 is 0 Å². The molecular formula is C16H24N4O. The van der Waals surface area contributed by atoms with Crippen LogP contribution in [0.1, 0.15) is 32.0 Å². The molecule has 0 fully saturated rings. The Labute approximate surface area is 126 Å². The summed E-state index contributed by atoms with van der Waals surface area (Å²) in [5.74, 6) is 0.945. The number of hydrogen-bond acceptors (Lipinski definition) is 4. The molecule has 2 rings (SSSR count). The third kappa shape index (κ3) is 4.29. The summed E-state index contributed by atoms with van der Waals surface area (Å²) >= 11 is 0. The summed E-state index contributed by atoms with van der Waals surface area (Å²) in [6, 6.07) is 8.20. The predicted molar refractivity (Wildman–Crippen MR) is 83.4 cm³/mol. The molecule has 0 atom stereocenters. The Kier molecular flexibility index (Phi) is 4.96. The highest BCUT2D eigenvalue weighted by Crippen LogP contribution is 2.30.